The molecule has 0 fully saturated rings. The lowest BCUT2D eigenvalue weighted by atomic mass is 10.2. The Bertz CT molecular complexity index is 543. The minimum absolute atomic E-state index is 0.692. The van der Waals surface area contributed by atoms with Crippen molar-refractivity contribution in [3.63, 3.8) is 0 Å². The Morgan fingerprint density at radius 3 is 2.53 bits per heavy atom. The number of hydrogen-bond acceptors (Lipinski definition) is 2. The maximum atomic E-state index is 8.70. The van der Waals surface area contributed by atoms with E-state index in [1.54, 1.807) is 11.8 Å². The minimum atomic E-state index is 0.692. The molecule has 17 heavy (non-hydrogen) atoms. The van der Waals surface area contributed by atoms with Crippen LogP contribution in [0.2, 0.25) is 5.02 Å². The molecule has 0 saturated heterocycles. The third-order valence-corrected chi connectivity index (χ3v) is 3.60. The van der Waals surface area contributed by atoms with Gasteiger partial charge in [0.2, 0.25) is 0 Å². The first-order valence-corrected chi connectivity index (χ1v) is 6.52. The summed E-state index contributed by atoms with van der Waals surface area (Å²) in [6, 6.07) is 17.6. The molecule has 0 radical (unpaired) electrons. The molecule has 0 N–H and O–H groups in total. The van der Waals surface area contributed by atoms with E-state index in [1.165, 1.54) is 5.56 Å². The van der Waals surface area contributed by atoms with Crippen LogP contribution in [0.1, 0.15) is 11.1 Å². The number of nitriles is 1. The van der Waals surface area contributed by atoms with Crippen LogP contribution in [0, 0.1) is 11.3 Å². The predicted molar refractivity (Wildman–Crippen MR) is 72.2 cm³/mol. The highest BCUT2D eigenvalue weighted by molar-refractivity contribution is 7.98. The molecule has 2 aromatic rings. The summed E-state index contributed by atoms with van der Waals surface area (Å²) >= 11 is 7.65. The lowest BCUT2D eigenvalue weighted by molar-refractivity contribution is 1.37. The molecule has 0 aliphatic carbocycles. The van der Waals surface area contributed by atoms with Crippen molar-refractivity contribution < 1.29 is 0 Å². The molecule has 0 heterocycles. The van der Waals surface area contributed by atoms with E-state index in [0.717, 1.165) is 15.7 Å². The van der Waals surface area contributed by atoms with E-state index in [1.807, 2.05) is 42.5 Å². The van der Waals surface area contributed by atoms with Gasteiger partial charge in [-0.3, -0.25) is 0 Å². The molecular weight excluding hydrogens is 250 g/mol. The molecule has 0 spiro atoms. The van der Waals surface area contributed by atoms with Gasteiger partial charge in [-0.15, -0.1) is 11.8 Å². The van der Waals surface area contributed by atoms with E-state index >= 15 is 0 Å². The van der Waals surface area contributed by atoms with Gasteiger partial charge in [-0.2, -0.15) is 5.26 Å². The van der Waals surface area contributed by atoms with Crippen LogP contribution in [0.4, 0.5) is 0 Å². The largest absolute Gasteiger partial charge is 0.192 e. The summed E-state index contributed by atoms with van der Waals surface area (Å²) in [6.07, 6.45) is 0. The second-order valence-corrected chi connectivity index (χ2v) is 5.04. The Morgan fingerprint density at radius 2 is 1.88 bits per heavy atom. The van der Waals surface area contributed by atoms with E-state index < -0.39 is 0 Å². The van der Waals surface area contributed by atoms with Gasteiger partial charge in [0, 0.05) is 15.7 Å². The first-order valence-electron chi connectivity index (χ1n) is 5.15. The maximum absolute atomic E-state index is 8.70. The first kappa shape index (κ1) is 12.0. The number of hydrogen-bond donors (Lipinski definition) is 0. The Morgan fingerprint density at radius 1 is 1.12 bits per heavy atom. The standard InChI is InChI=1S/C14H10ClNS/c15-13-3-1-2-12(8-13)10-17-14-6-4-11(9-16)5-7-14/h1-8H,10H2. The predicted octanol–water partition coefficient (Wildman–Crippen LogP) is 4.50. The minimum Gasteiger partial charge on any atom is -0.192 e. The molecule has 0 atom stereocenters. The Kier molecular flexibility index (Phi) is 4.08. The third kappa shape index (κ3) is 3.52. The number of halogens is 1. The maximum Gasteiger partial charge on any atom is 0.0991 e. The third-order valence-electron chi connectivity index (χ3n) is 2.28. The summed E-state index contributed by atoms with van der Waals surface area (Å²) in [7, 11) is 0. The van der Waals surface area contributed by atoms with Crippen molar-refractivity contribution in [2.45, 2.75) is 10.6 Å². The van der Waals surface area contributed by atoms with Crippen LogP contribution in [-0.4, -0.2) is 0 Å². The highest BCUT2D eigenvalue weighted by Gasteiger charge is 1.98. The van der Waals surface area contributed by atoms with Gasteiger partial charge in [-0.25, -0.2) is 0 Å². The lowest BCUT2D eigenvalue weighted by Crippen LogP contribution is -1.80. The van der Waals surface area contributed by atoms with Gasteiger partial charge in [-0.05, 0) is 42.0 Å². The molecule has 3 heteroatoms. The van der Waals surface area contributed by atoms with Crippen LogP contribution in [0.15, 0.2) is 53.4 Å². The van der Waals surface area contributed by atoms with E-state index in [9.17, 15) is 0 Å². The second kappa shape index (κ2) is 5.77. The Labute approximate surface area is 110 Å². The van der Waals surface area contributed by atoms with E-state index in [0.29, 0.717) is 5.56 Å². The fraction of sp³-hybridized carbons (Fsp3) is 0.0714. The number of thioether (sulfide) groups is 1. The highest BCUT2D eigenvalue weighted by Crippen LogP contribution is 2.24. The molecule has 1 nitrogen and oxygen atoms in total. The number of benzene rings is 2. The van der Waals surface area contributed by atoms with Crippen molar-refractivity contribution in [2.24, 2.45) is 0 Å². The van der Waals surface area contributed by atoms with Crippen molar-refractivity contribution in [3.8, 4) is 6.07 Å². The average Bonchev–Trinajstić information content (AvgIpc) is 2.37. The average molecular weight is 260 g/mol. The molecule has 84 valence electrons. The van der Waals surface area contributed by atoms with E-state index in [4.69, 9.17) is 16.9 Å². The number of rotatable bonds is 3. The van der Waals surface area contributed by atoms with Gasteiger partial charge in [0.05, 0.1) is 11.6 Å². The molecular formula is C14H10ClNS. The summed E-state index contributed by atoms with van der Waals surface area (Å²) in [4.78, 5) is 1.16. The van der Waals surface area contributed by atoms with E-state index in [2.05, 4.69) is 12.1 Å². The zero-order valence-electron chi connectivity index (χ0n) is 9.06. The Hall–Kier alpha value is -1.43. The molecule has 2 rings (SSSR count). The van der Waals surface area contributed by atoms with Crippen LogP contribution in [0.5, 0.6) is 0 Å². The van der Waals surface area contributed by atoms with Crippen molar-refractivity contribution >= 4 is 23.4 Å². The van der Waals surface area contributed by atoms with Crippen molar-refractivity contribution in [1.82, 2.24) is 0 Å². The van der Waals surface area contributed by atoms with Gasteiger partial charge >= 0.3 is 0 Å². The highest BCUT2D eigenvalue weighted by atomic mass is 35.5. The van der Waals surface area contributed by atoms with Gasteiger partial charge in [-0.1, -0.05) is 23.7 Å². The summed E-state index contributed by atoms with van der Waals surface area (Å²) in [6.45, 7) is 0. The fourth-order valence-electron chi connectivity index (χ4n) is 1.42. The Balaban J connectivity index is 2.00. The molecule has 0 bridgehead atoms. The zero-order valence-corrected chi connectivity index (χ0v) is 10.6. The molecule has 0 aliphatic rings. The van der Waals surface area contributed by atoms with Gasteiger partial charge in [0.15, 0.2) is 0 Å². The fourth-order valence-corrected chi connectivity index (χ4v) is 2.47. The van der Waals surface area contributed by atoms with Crippen LogP contribution in [-0.2, 0) is 5.75 Å². The monoisotopic (exact) mass is 259 g/mol. The lowest BCUT2D eigenvalue weighted by Gasteiger charge is -2.02. The molecule has 0 aromatic heterocycles. The smallest absolute Gasteiger partial charge is 0.0991 e. The van der Waals surface area contributed by atoms with Crippen LogP contribution in [0.3, 0.4) is 0 Å². The van der Waals surface area contributed by atoms with Crippen molar-refractivity contribution in [2.75, 3.05) is 0 Å². The first-order chi connectivity index (χ1) is 8.28. The SMILES string of the molecule is N#Cc1ccc(SCc2cccc(Cl)c2)cc1. The van der Waals surface area contributed by atoms with Crippen LogP contribution in [0.25, 0.3) is 0 Å². The van der Waals surface area contributed by atoms with Gasteiger partial charge in [0.1, 0.15) is 0 Å². The molecule has 0 aliphatic heterocycles. The quantitative estimate of drug-likeness (QED) is 0.758. The van der Waals surface area contributed by atoms with Gasteiger partial charge in [0.25, 0.3) is 0 Å². The van der Waals surface area contributed by atoms with E-state index in [-0.39, 0.29) is 0 Å². The summed E-state index contributed by atoms with van der Waals surface area (Å²) in [5.41, 5.74) is 1.89. The number of nitrogens with zero attached hydrogens (tertiary/aromatic N) is 1. The molecule has 0 saturated carbocycles. The molecule has 0 unspecified atom stereocenters. The zero-order chi connectivity index (χ0) is 12.1. The summed E-state index contributed by atoms with van der Waals surface area (Å²) < 4.78 is 0. The normalized spacial score (nSPS) is 9.88. The summed E-state index contributed by atoms with van der Waals surface area (Å²) in [5, 5.41) is 9.46. The van der Waals surface area contributed by atoms with Crippen molar-refractivity contribution in [3.05, 3.63) is 64.7 Å². The molecule has 2 aromatic carbocycles. The van der Waals surface area contributed by atoms with Crippen molar-refractivity contribution in [1.29, 1.82) is 5.26 Å². The van der Waals surface area contributed by atoms with Crippen LogP contribution >= 0.6 is 23.4 Å². The topological polar surface area (TPSA) is 23.8 Å². The summed E-state index contributed by atoms with van der Waals surface area (Å²) in [5.74, 6) is 0.881. The van der Waals surface area contributed by atoms with Crippen LogP contribution < -0.4 is 0 Å². The van der Waals surface area contributed by atoms with Gasteiger partial charge < -0.3 is 0 Å². The molecule has 0 amide bonds. The second-order valence-electron chi connectivity index (χ2n) is 3.55.